The summed E-state index contributed by atoms with van der Waals surface area (Å²) in [5, 5.41) is 19.1. The molecule has 0 amide bonds. The van der Waals surface area contributed by atoms with Gasteiger partial charge in [0.1, 0.15) is 0 Å². The van der Waals surface area contributed by atoms with E-state index in [1.54, 1.807) is 43.6 Å². The van der Waals surface area contributed by atoms with E-state index in [0.29, 0.717) is 37.9 Å². The van der Waals surface area contributed by atoms with Gasteiger partial charge in [0, 0.05) is 11.5 Å². The van der Waals surface area contributed by atoms with Gasteiger partial charge in [-0.05, 0) is 9.83 Å². The molecule has 0 radical (unpaired) electrons. The van der Waals surface area contributed by atoms with E-state index in [1.165, 1.54) is 0 Å². The Morgan fingerprint density at radius 3 is 1.68 bits per heavy atom. The molecule has 2 N–H and O–H groups in total. The van der Waals surface area contributed by atoms with Crippen LogP contribution in [0.5, 0.6) is 0 Å². The van der Waals surface area contributed by atoms with Crippen LogP contribution in [0.15, 0.2) is 25.3 Å². The molecule has 0 aliphatic heterocycles. The number of rotatable bonds is 14. The maximum absolute atomic E-state index is 9.55. The number of aliphatic hydroxyl groups excluding tert-OH is 2. The van der Waals surface area contributed by atoms with Gasteiger partial charge in [-0.3, -0.25) is 0 Å². The van der Waals surface area contributed by atoms with Crippen molar-refractivity contribution in [2.45, 2.75) is 12.2 Å². The number of ether oxygens (including phenoxy) is 2. The zero-order valence-corrected chi connectivity index (χ0v) is 13.4. The van der Waals surface area contributed by atoms with Gasteiger partial charge in [0.05, 0.1) is 38.6 Å². The summed E-state index contributed by atoms with van der Waals surface area (Å²) in [5.41, 5.74) is 0. The summed E-state index contributed by atoms with van der Waals surface area (Å²) >= 11 is 0. The monoisotopic (exact) mass is 326 g/mol. The second-order valence-corrected chi connectivity index (χ2v) is 7.92. The third-order valence-corrected chi connectivity index (χ3v) is 6.07. The second kappa shape index (κ2) is 14.8. The Labute approximate surface area is 126 Å². The van der Waals surface area contributed by atoms with Crippen LogP contribution in [0, 0.1) is 0 Å². The van der Waals surface area contributed by atoms with E-state index >= 15 is 0 Å². The van der Waals surface area contributed by atoms with Gasteiger partial charge in [-0.1, -0.05) is 33.7 Å². The van der Waals surface area contributed by atoms with Crippen LogP contribution in [0.3, 0.4) is 0 Å². The number of aliphatic hydroxyl groups is 2. The van der Waals surface area contributed by atoms with E-state index in [1.807, 2.05) is 0 Å². The molecule has 0 saturated carbocycles. The molecule has 0 bridgehead atoms. The van der Waals surface area contributed by atoms with Crippen LogP contribution >= 0.6 is 31.4 Å². The zero-order valence-electron chi connectivity index (χ0n) is 10.9. The average Bonchev–Trinajstić information content (AvgIpc) is 2.39. The van der Waals surface area contributed by atoms with E-state index in [-0.39, 0.29) is 0 Å². The van der Waals surface area contributed by atoms with Crippen LogP contribution in [-0.2, 0) is 9.47 Å². The Kier molecular flexibility index (Phi) is 15.1. The molecule has 0 rings (SSSR count). The summed E-state index contributed by atoms with van der Waals surface area (Å²) in [7, 11) is 4.64. The molecule has 0 saturated heterocycles. The molecule has 0 aromatic rings. The molecule has 4 nitrogen and oxygen atoms in total. The second-order valence-electron chi connectivity index (χ2n) is 3.60. The standard InChI is InChI=1S/C12H22O4S3/c1-3-5-15-7-11(13)9-17-19-18-10-12(14)8-16-6-4-2/h3-4,11-14H,1-2,5-10H2. The van der Waals surface area contributed by atoms with E-state index in [4.69, 9.17) is 9.47 Å². The fraction of sp³-hybridized carbons (Fsp3) is 0.667. The molecule has 0 aliphatic carbocycles. The lowest BCUT2D eigenvalue weighted by molar-refractivity contribution is 0.0626. The summed E-state index contributed by atoms with van der Waals surface area (Å²) in [6.45, 7) is 8.62. The molecule has 0 aromatic carbocycles. The summed E-state index contributed by atoms with van der Waals surface area (Å²) in [6.07, 6.45) is 2.36. The molecule has 2 unspecified atom stereocenters. The number of hydrogen-bond acceptors (Lipinski definition) is 7. The van der Waals surface area contributed by atoms with Gasteiger partial charge < -0.3 is 19.7 Å². The summed E-state index contributed by atoms with van der Waals surface area (Å²) < 4.78 is 10.3. The highest BCUT2D eigenvalue weighted by atomic mass is 33.5. The topological polar surface area (TPSA) is 58.9 Å². The van der Waals surface area contributed by atoms with Crippen molar-refractivity contribution >= 4 is 31.4 Å². The quantitative estimate of drug-likeness (QED) is 0.288. The first kappa shape index (κ1) is 19.4. The Bertz CT molecular complexity index is 207. The molecule has 112 valence electrons. The van der Waals surface area contributed by atoms with E-state index in [2.05, 4.69) is 13.2 Å². The Morgan fingerprint density at radius 1 is 0.895 bits per heavy atom. The third-order valence-electron chi connectivity index (χ3n) is 1.71. The average molecular weight is 327 g/mol. The predicted octanol–water partition coefficient (Wildman–Crippen LogP) is 2.14. The van der Waals surface area contributed by atoms with Crippen molar-refractivity contribution in [1.82, 2.24) is 0 Å². The Hall–Kier alpha value is 0.370. The van der Waals surface area contributed by atoms with Gasteiger partial charge in [0.2, 0.25) is 0 Å². The highest BCUT2D eigenvalue weighted by Crippen LogP contribution is 2.35. The fourth-order valence-corrected chi connectivity index (χ4v) is 4.70. The van der Waals surface area contributed by atoms with Crippen LogP contribution in [0.25, 0.3) is 0 Å². The van der Waals surface area contributed by atoms with Crippen molar-refractivity contribution < 1.29 is 19.7 Å². The van der Waals surface area contributed by atoms with E-state index in [0.717, 1.165) is 0 Å². The van der Waals surface area contributed by atoms with Gasteiger partial charge in [0.15, 0.2) is 0 Å². The number of hydrogen-bond donors (Lipinski definition) is 2. The van der Waals surface area contributed by atoms with E-state index in [9.17, 15) is 10.2 Å². The van der Waals surface area contributed by atoms with Crippen molar-refractivity contribution in [3.05, 3.63) is 25.3 Å². The SMILES string of the molecule is C=CCOCC(O)CSSSCC(O)COCC=C. The Morgan fingerprint density at radius 2 is 1.32 bits per heavy atom. The van der Waals surface area contributed by atoms with Crippen molar-refractivity contribution in [1.29, 1.82) is 0 Å². The highest BCUT2D eigenvalue weighted by Gasteiger charge is 2.07. The van der Waals surface area contributed by atoms with Crippen molar-refractivity contribution in [2.24, 2.45) is 0 Å². The van der Waals surface area contributed by atoms with Gasteiger partial charge in [-0.2, -0.15) is 0 Å². The van der Waals surface area contributed by atoms with Crippen LogP contribution in [0.2, 0.25) is 0 Å². The normalized spacial score (nSPS) is 14.0. The zero-order chi connectivity index (χ0) is 14.3. The van der Waals surface area contributed by atoms with Gasteiger partial charge in [0.25, 0.3) is 0 Å². The molecule has 0 spiro atoms. The van der Waals surface area contributed by atoms with Crippen molar-refractivity contribution in [2.75, 3.05) is 37.9 Å². The van der Waals surface area contributed by atoms with Crippen LogP contribution in [0.1, 0.15) is 0 Å². The lowest BCUT2D eigenvalue weighted by Gasteiger charge is -2.11. The largest absolute Gasteiger partial charge is 0.390 e. The minimum atomic E-state index is -0.473. The predicted molar refractivity (Wildman–Crippen MR) is 86.6 cm³/mol. The first-order valence-electron chi connectivity index (χ1n) is 5.85. The third kappa shape index (κ3) is 14.6. The molecular formula is C12H22O4S3. The first-order valence-corrected chi connectivity index (χ1v) is 9.67. The van der Waals surface area contributed by atoms with Gasteiger partial charge in [-0.15, -0.1) is 13.2 Å². The smallest absolute Gasteiger partial charge is 0.0872 e. The molecule has 7 heteroatoms. The molecule has 0 fully saturated rings. The van der Waals surface area contributed by atoms with Crippen LogP contribution in [0.4, 0.5) is 0 Å². The van der Waals surface area contributed by atoms with Gasteiger partial charge in [-0.25, -0.2) is 0 Å². The molecule has 2 atom stereocenters. The molecule has 0 aromatic heterocycles. The molecular weight excluding hydrogens is 304 g/mol. The lowest BCUT2D eigenvalue weighted by Crippen LogP contribution is -2.18. The minimum absolute atomic E-state index is 0.322. The van der Waals surface area contributed by atoms with Crippen molar-refractivity contribution in [3.63, 3.8) is 0 Å². The maximum Gasteiger partial charge on any atom is 0.0872 e. The summed E-state index contributed by atoms with van der Waals surface area (Å²) in [6, 6.07) is 0. The van der Waals surface area contributed by atoms with Crippen LogP contribution < -0.4 is 0 Å². The maximum atomic E-state index is 9.55. The molecule has 19 heavy (non-hydrogen) atoms. The van der Waals surface area contributed by atoms with Crippen LogP contribution in [-0.4, -0.2) is 60.4 Å². The lowest BCUT2D eigenvalue weighted by atomic mass is 10.4. The van der Waals surface area contributed by atoms with E-state index < -0.39 is 12.2 Å². The molecule has 0 heterocycles. The molecule has 0 aliphatic rings. The summed E-state index contributed by atoms with van der Waals surface area (Å²) in [5.74, 6) is 1.19. The first-order chi connectivity index (χ1) is 9.20. The van der Waals surface area contributed by atoms with Crippen molar-refractivity contribution in [3.8, 4) is 0 Å². The highest BCUT2D eigenvalue weighted by molar-refractivity contribution is 9.09. The fourth-order valence-electron chi connectivity index (χ4n) is 0.918. The summed E-state index contributed by atoms with van der Waals surface area (Å²) in [4.78, 5) is 0. The minimum Gasteiger partial charge on any atom is -0.390 e. The Balaban J connectivity index is 3.28. The van der Waals surface area contributed by atoms with Gasteiger partial charge >= 0.3 is 0 Å².